The van der Waals surface area contributed by atoms with E-state index in [1.165, 1.54) is 4.90 Å². The van der Waals surface area contributed by atoms with Crippen LogP contribution in [0.4, 0.5) is 9.59 Å². The van der Waals surface area contributed by atoms with Crippen molar-refractivity contribution in [1.29, 1.82) is 0 Å². The third kappa shape index (κ3) is 4.06. The first kappa shape index (κ1) is 18.4. The Morgan fingerprint density at radius 2 is 1.88 bits per heavy atom. The number of hydrogen-bond acceptors (Lipinski definition) is 5. The molecule has 3 fully saturated rings. The molecule has 0 spiro atoms. The molecular formula is C16H24N4O6. The molecule has 0 aromatic rings. The van der Waals surface area contributed by atoms with Gasteiger partial charge in [0.25, 0.3) is 0 Å². The molecule has 2 atom stereocenters. The number of nitrogens with one attached hydrogen (secondary N) is 2. The first-order valence-corrected chi connectivity index (χ1v) is 8.90. The summed E-state index contributed by atoms with van der Waals surface area (Å²) >= 11 is 0. The molecule has 26 heavy (non-hydrogen) atoms. The second-order valence-corrected chi connectivity index (χ2v) is 7.04. The molecule has 2 aliphatic heterocycles. The summed E-state index contributed by atoms with van der Waals surface area (Å²) in [6.45, 7) is 1.07. The highest BCUT2D eigenvalue weighted by molar-refractivity contribution is 5.96. The molecule has 1 saturated carbocycles. The number of hydrazone groups is 1. The van der Waals surface area contributed by atoms with E-state index in [0.717, 1.165) is 12.8 Å². The van der Waals surface area contributed by atoms with Gasteiger partial charge in [-0.15, -0.1) is 0 Å². The van der Waals surface area contributed by atoms with Crippen LogP contribution < -0.4 is 10.7 Å². The average molecular weight is 368 g/mol. The molecule has 1 aliphatic carbocycles. The van der Waals surface area contributed by atoms with Crippen LogP contribution >= 0.6 is 0 Å². The lowest BCUT2D eigenvalue weighted by molar-refractivity contribution is -0.143. The molecule has 10 heteroatoms. The highest BCUT2D eigenvalue weighted by Gasteiger charge is 2.45. The summed E-state index contributed by atoms with van der Waals surface area (Å²) in [6.07, 6.45) is 2.24. The van der Waals surface area contributed by atoms with Crippen molar-refractivity contribution in [3.63, 3.8) is 0 Å². The van der Waals surface area contributed by atoms with Gasteiger partial charge in [-0.1, -0.05) is 0 Å². The van der Waals surface area contributed by atoms with Crippen LogP contribution in [0.1, 0.15) is 32.1 Å². The number of carbonyl (C=O) groups excluding carboxylic acids is 1. The highest BCUT2D eigenvalue weighted by Crippen LogP contribution is 2.29. The number of amides is 3. The molecule has 2 saturated heterocycles. The van der Waals surface area contributed by atoms with Crippen molar-refractivity contribution >= 4 is 23.8 Å². The van der Waals surface area contributed by atoms with Crippen molar-refractivity contribution in [2.24, 2.45) is 16.9 Å². The fourth-order valence-corrected chi connectivity index (χ4v) is 3.94. The smallest absolute Gasteiger partial charge is 0.407 e. The van der Waals surface area contributed by atoms with Crippen molar-refractivity contribution in [2.45, 2.75) is 44.2 Å². The van der Waals surface area contributed by atoms with Gasteiger partial charge in [0, 0.05) is 13.1 Å². The van der Waals surface area contributed by atoms with E-state index >= 15 is 0 Å². The minimum Gasteiger partial charge on any atom is -0.481 e. The van der Waals surface area contributed by atoms with E-state index in [1.54, 1.807) is 0 Å². The van der Waals surface area contributed by atoms with Crippen LogP contribution in [0.15, 0.2) is 5.10 Å². The minimum atomic E-state index is -1.02. The van der Waals surface area contributed by atoms with Gasteiger partial charge in [0.15, 0.2) is 0 Å². The Morgan fingerprint density at radius 1 is 1.15 bits per heavy atom. The van der Waals surface area contributed by atoms with Gasteiger partial charge in [-0.2, -0.15) is 5.10 Å². The van der Waals surface area contributed by atoms with E-state index in [4.69, 9.17) is 9.84 Å². The van der Waals surface area contributed by atoms with E-state index in [-0.39, 0.29) is 24.5 Å². The Balaban J connectivity index is 1.43. The maximum absolute atomic E-state index is 11.9. The Hall–Kier alpha value is -2.36. The van der Waals surface area contributed by atoms with Crippen molar-refractivity contribution < 1.29 is 29.3 Å². The number of carboxylic acid groups (broad SMARTS) is 2. The first-order valence-electron chi connectivity index (χ1n) is 8.90. The van der Waals surface area contributed by atoms with Gasteiger partial charge in [0.1, 0.15) is 6.04 Å². The monoisotopic (exact) mass is 368 g/mol. The summed E-state index contributed by atoms with van der Waals surface area (Å²) in [5.41, 5.74) is 2.91. The Labute approximate surface area is 150 Å². The lowest BCUT2D eigenvalue weighted by Crippen LogP contribution is -2.43. The molecule has 10 nitrogen and oxygen atoms in total. The molecule has 0 aromatic heterocycles. The third-order valence-electron chi connectivity index (χ3n) is 5.42. The number of rotatable bonds is 4. The third-order valence-corrected chi connectivity index (χ3v) is 5.42. The summed E-state index contributed by atoms with van der Waals surface area (Å²) in [4.78, 5) is 35.4. The van der Waals surface area contributed by atoms with Gasteiger partial charge < -0.3 is 20.3 Å². The van der Waals surface area contributed by atoms with E-state index in [0.29, 0.717) is 38.1 Å². The van der Waals surface area contributed by atoms with E-state index < -0.39 is 24.1 Å². The van der Waals surface area contributed by atoms with Gasteiger partial charge in [0.2, 0.25) is 0 Å². The second kappa shape index (κ2) is 7.90. The van der Waals surface area contributed by atoms with Crippen molar-refractivity contribution in [1.82, 2.24) is 15.6 Å². The van der Waals surface area contributed by atoms with E-state index in [9.17, 15) is 19.5 Å². The van der Waals surface area contributed by atoms with Crippen molar-refractivity contribution in [3.8, 4) is 0 Å². The lowest BCUT2D eigenvalue weighted by atomic mass is 9.82. The highest BCUT2D eigenvalue weighted by atomic mass is 16.5. The molecule has 0 radical (unpaired) electrons. The summed E-state index contributed by atoms with van der Waals surface area (Å²) < 4.78 is 5.53. The number of urea groups is 1. The molecule has 3 amide bonds. The SMILES string of the molecule is O=C(NCC1CCC(C(=O)O)CC1)N/N=C1\COC2CCN(C(=O)O)C12. The van der Waals surface area contributed by atoms with Crippen LogP contribution in [0, 0.1) is 11.8 Å². The molecule has 4 N–H and O–H groups in total. The van der Waals surface area contributed by atoms with E-state index in [2.05, 4.69) is 15.8 Å². The fourth-order valence-electron chi connectivity index (χ4n) is 3.94. The second-order valence-electron chi connectivity index (χ2n) is 7.04. The molecule has 144 valence electrons. The number of nitrogens with zero attached hydrogens (tertiary/aromatic N) is 2. The topological polar surface area (TPSA) is 141 Å². The van der Waals surface area contributed by atoms with Gasteiger partial charge in [-0.05, 0) is 38.0 Å². The standard InChI is InChI=1S/C16H24N4O6/c21-14(22)10-3-1-9(2-4-10)7-17-15(23)19-18-11-8-26-12-5-6-20(13(11)12)16(24)25/h9-10,12-13H,1-8H2,(H,21,22)(H,24,25)(H2,17,19,23)/b18-11+. The molecule has 2 heterocycles. The molecule has 3 aliphatic rings. The minimum absolute atomic E-state index is 0.195. The zero-order valence-electron chi connectivity index (χ0n) is 14.4. The Bertz CT molecular complexity index is 602. The van der Waals surface area contributed by atoms with Crippen molar-refractivity contribution in [2.75, 3.05) is 19.7 Å². The summed E-state index contributed by atoms with van der Waals surface area (Å²) in [7, 11) is 0. The zero-order valence-corrected chi connectivity index (χ0v) is 14.4. The van der Waals surface area contributed by atoms with Gasteiger partial charge >= 0.3 is 18.1 Å². The molecular weight excluding hydrogens is 344 g/mol. The summed E-state index contributed by atoms with van der Waals surface area (Å²) in [5, 5.41) is 25.0. The Kier molecular flexibility index (Phi) is 5.60. The largest absolute Gasteiger partial charge is 0.481 e. The number of aliphatic carboxylic acids is 1. The number of ether oxygens (including phenoxy) is 1. The summed E-state index contributed by atoms with van der Waals surface area (Å²) in [5.74, 6) is -0.754. The first-order chi connectivity index (χ1) is 12.5. The van der Waals surface area contributed by atoms with Crippen LogP contribution in [-0.2, 0) is 9.53 Å². The Morgan fingerprint density at radius 3 is 2.54 bits per heavy atom. The number of hydrogen-bond donors (Lipinski definition) is 4. The van der Waals surface area contributed by atoms with Crippen LogP contribution in [0.3, 0.4) is 0 Å². The number of likely N-dealkylation sites (tertiary alicyclic amines) is 1. The number of carbonyl (C=O) groups is 3. The fraction of sp³-hybridized carbons (Fsp3) is 0.750. The predicted molar refractivity (Wildman–Crippen MR) is 89.9 cm³/mol. The summed E-state index contributed by atoms with van der Waals surface area (Å²) in [6, 6.07) is -0.889. The van der Waals surface area contributed by atoms with Gasteiger partial charge in [-0.3, -0.25) is 9.69 Å². The number of carboxylic acids is 1. The van der Waals surface area contributed by atoms with Crippen LogP contribution in [-0.4, -0.2) is 70.8 Å². The number of fused-ring (bicyclic) bond motifs is 1. The van der Waals surface area contributed by atoms with Crippen LogP contribution in [0.5, 0.6) is 0 Å². The molecule has 2 unspecified atom stereocenters. The maximum Gasteiger partial charge on any atom is 0.407 e. The molecule has 0 bridgehead atoms. The molecule has 0 aromatic carbocycles. The average Bonchev–Trinajstić information content (AvgIpc) is 3.20. The van der Waals surface area contributed by atoms with E-state index in [1.807, 2.05) is 0 Å². The quantitative estimate of drug-likeness (QED) is 0.538. The zero-order chi connectivity index (χ0) is 18.7. The van der Waals surface area contributed by atoms with Gasteiger partial charge in [-0.25, -0.2) is 15.0 Å². The predicted octanol–water partition coefficient (Wildman–Crippen LogP) is 0.684. The van der Waals surface area contributed by atoms with Gasteiger partial charge in [0.05, 0.1) is 24.3 Å². The normalized spacial score (nSPS) is 32.3. The molecule has 3 rings (SSSR count). The van der Waals surface area contributed by atoms with Crippen LogP contribution in [0.2, 0.25) is 0 Å². The lowest BCUT2D eigenvalue weighted by Gasteiger charge is -2.26. The van der Waals surface area contributed by atoms with Crippen LogP contribution in [0.25, 0.3) is 0 Å². The maximum atomic E-state index is 11.9. The van der Waals surface area contributed by atoms with Crippen molar-refractivity contribution in [3.05, 3.63) is 0 Å².